The molecule has 0 bridgehead atoms. The fraction of sp³-hybridized carbons (Fsp3) is 0.478. The van der Waals surface area contributed by atoms with Crippen molar-refractivity contribution in [1.82, 2.24) is 14.8 Å². The van der Waals surface area contributed by atoms with E-state index in [1.54, 1.807) is 13.2 Å². The number of hydrogen-bond donors (Lipinski definition) is 2. The monoisotopic (exact) mass is 501 g/mol. The number of nitro groups is 1. The number of benzene rings is 1. The standard InChI is InChI=1S/C23H31N7O4S/c1-33-20-5-3-2-4-18(20)25-23(35)29-12-10-28(11-13-29)21-7-6-19(30(31)32)22(26-21)24-8-9-27-14-16-34-17-15-27/h2-7H,8-17H2,1H3,(H,24,26)(H,25,35). The van der Waals surface area contributed by atoms with Crippen molar-refractivity contribution in [2.24, 2.45) is 0 Å². The van der Waals surface area contributed by atoms with Crippen LogP contribution in [-0.2, 0) is 4.74 Å². The molecule has 2 fully saturated rings. The van der Waals surface area contributed by atoms with Crippen LogP contribution in [0.4, 0.5) is 23.0 Å². The molecule has 0 aliphatic carbocycles. The second kappa shape index (κ2) is 12.0. The van der Waals surface area contributed by atoms with E-state index in [1.165, 1.54) is 6.07 Å². The molecular weight excluding hydrogens is 470 g/mol. The number of piperazine rings is 1. The van der Waals surface area contributed by atoms with Crippen molar-refractivity contribution in [3.8, 4) is 5.75 Å². The predicted octanol–water partition coefficient (Wildman–Crippen LogP) is 2.26. The molecule has 2 saturated heterocycles. The first kappa shape index (κ1) is 24.9. The molecule has 1 aromatic carbocycles. The number of nitrogens with zero attached hydrogens (tertiary/aromatic N) is 5. The molecule has 4 rings (SSSR count). The van der Waals surface area contributed by atoms with Crippen molar-refractivity contribution < 1.29 is 14.4 Å². The van der Waals surface area contributed by atoms with Gasteiger partial charge in [-0.3, -0.25) is 15.0 Å². The van der Waals surface area contributed by atoms with E-state index in [0.717, 1.165) is 44.3 Å². The maximum Gasteiger partial charge on any atom is 0.311 e. The van der Waals surface area contributed by atoms with Gasteiger partial charge in [0.2, 0.25) is 5.82 Å². The van der Waals surface area contributed by atoms with E-state index < -0.39 is 4.92 Å². The first-order valence-electron chi connectivity index (χ1n) is 11.7. The molecule has 3 heterocycles. The summed E-state index contributed by atoms with van der Waals surface area (Å²) in [4.78, 5) is 22.2. The predicted molar refractivity (Wildman–Crippen MR) is 140 cm³/mol. The fourth-order valence-electron chi connectivity index (χ4n) is 4.13. The third-order valence-electron chi connectivity index (χ3n) is 6.12. The van der Waals surface area contributed by atoms with Crippen molar-refractivity contribution in [2.45, 2.75) is 0 Å². The van der Waals surface area contributed by atoms with E-state index in [-0.39, 0.29) is 5.69 Å². The lowest BCUT2D eigenvalue weighted by molar-refractivity contribution is -0.384. The minimum Gasteiger partial charge on any atom is -0.495 e. The number of aromatic nitrogens is 1. The van der Waals surface area contributed by atoms with Gasteiger partial charge >= 0.3 is 5.69 Å². The second-order valence-electron chi connectivity index (χ2n) is 8.28. The van der Waals surface area contributed by atoms with Crippen molar-refractivity contribution >= 4 is 40.3 Å². The maximum atomic E-state index is 11.5. The summed E-state index contributed by atoms with van der Waals surface area (Å²) in [7, 11) is 1.63. The van der Waals surface area contributed by atoms with Gasteiger partial charge in [-0.1, -0.05) is 12.1 Å². The Balaban J connectivity index is 1.34. The number of para-hydroxylation sites is 2. The smallest absolute Gasteiger partial charge is 0.311 e. The van der Waals surface area contributed by atoms with Gasteiger partial charge in [-0.25, -0.2) is 4.98 Å². The highest BCUT2D eigenvalue weighted by Gasteiger charge is 2.23. The lowest BCUT2D eigenvalue weighted by Crippen LogP contribution is -2.50. The third kappa shape index (κ3) is 6.47. The SMILES string of the molecule is COc1ccccc1NC(=S)N1CCN(c2ccc([N+](=O)[O-])c(NCCN3CCOCC3)n2)CC1. The van der Waals surface area contributed by atoms with Gasteiger partial charge in [0.1, 0.15) is 11.6 Å². The Morgan fingerprint density at radius 2 is 1.89 bits per heavy atom. The normalized spacial score (nSPS) is 16.6. The van der Waals surface area contributed by atoms with E-state index >= 15 is 0 Å². The summed E-state index contributed by atoms with van der Waals surface area (Å²) >= 11 is 5.62. The fourth-order valence-corrected chi connectivity index (χ4v) is 4.43. The number of morpholine rings is 1. The van der Waals surface area contributed by atoms with Gasteiger partial charge in [0.25, 0.3) is 0 Å². The van der Waals surface area contributed by atoms with Crippen LogP contribution in [0.3, 0.4) is 0 Å². The summed E-state index contributed by atoms with van der Waals surface area (Å²) < 4.78 is 10.8. The molecule has 2 aliphatic heterocycles. The minimum atomic E-state index is -0.395. The van der Waals surface area contributed by atoms with Gasteiger partial charge in [-0.2, -0.15) is 0 Å². The molecule has 2 aliphatic rings. The van der Waals surface area contributed by atoms with Gasteiger partial charge in [0, 0.05) is 58.4 Å². The highest BCUT2D eigenvalue weighted by molar-refractivity contribution is 7.80. The molecule has 0 spiro atoms. The highest BCUT2D eigenvalue weighted by Crippen LogP contribution is 2.27. The van der Waals surface area contributed by atoms with Gasteiger partial charge in [-0.15, -0.1) is 0 Å². The van der Waals surface area contributed by atoms with Crippen LogP contribution >= 0.6 is 12.2 Å². The van der Waals surface area contributed by atoms with Crippen LogP contribution < -0.4 is 20.3 Å². The van der Waals surface area contributed by atoms with Crippen molar-refractivity contribution in [2.75, 3.05) is 88.2 Å². The lowest BCUT2D eigenvalue weighted by atomic mass is 10.3. The number of ether oxygens (including phenoxy) is 2. The molecule has 0 amide bonds. The maximum absolute atomic E-state index is 11.5. The Kier molecular flexibility index (Phi) is 8.50. The summed E-state index contributed by atoms with van der Waals surface area (Å²) in [5.41, 5.74) is 0.809. The van der Waals surface area contributed by atoms with E-state index in [0.29, 0.717) is 49.5 Å². The first-order chi connectivity index (χ1) is 17.0. The molecular formula is C23H31N7O4S. The molecule has 2 aromatic rings. The van der Waals surface area contributed by atoms with Crippen LogP contribution in [-0.4, -0.2) is 97.5 Å². The van der Waals surface area contributed by atoms with Gasteiger partial charge in [0.05, 0.1) is 30.9 Å². The van der Waals surface area contributed by atoms with Crippen LogP contribution in [0.15, 0.2) is 36.4 Å². The summed E-state index contributed by atoms with van der Waals surface area (Å²) in [6, 6.07) is 10.9. The Morgan fingerprint density at radius 3 is 2.60 bits per heavy atom. The number of nitrogens with one attached hydrogen (secondary N) is 2. The molecule has 2 N–H and O–H groups in total. The number of methoxy groups -OCH3 is 1. The number of thiocarbonyl (C=S) groups is 1. The van der Waals surface area contributed by atoms with Crippen molar-refractivity contribution in [3.63, 3.8) is 0 Å². The van der Waals surface area contributed by atoms with Crippen LogP contribution in [0, 0.1) is 10.1 Å². The van der Waals surface area contributed by atoms with Crippen molar-refractivity contribution in [3.05, 3.63) is 46.5 Å². The Morgan fingerprint density at radius 1 is 1.14 bits per heavy atom. The first-order valence-corrected chi connectivity index (χ1v) is 12.1. The van der Waals surface area contributed by atoms with Gasteiger partial charge in [0.15, 0.2) is 5.11 Å². The molecule has 0 atom stereocenters. The zero-order valence-electron chi connectivity index (χ0n) is 19.8. The largest absolute Gasteiger partial charge is 0.495 e. The Bertz CT molecular complexity index is 1030. The van der Waals surface area contributed by atoms with E-state index in [2.05, 4.69) is 30.3 Å². The van der Waals surface area contributed by atoms with Crippen LogP contribution in [0.2, 0.25) is 0 Å². The lowest BCUT2D eigenvalue weighted by Gasteiger charge is -2.37. The molecule has 1 aromatic heterocycles. The number of pyridine rings is 1. The molecule has 12 heteroatoms. The zero-order chi connectivity index (χ0) is 24.6. The number of rotatable bonds is 8. The Labute approximate surface area is 210 Å². The molecule has 0 saturated carbocycles. The average Bonchev–Trinajstić information content (AvgIpc) is 2.89. The third-order valence-corrected chi connectivity index (χ3v) is 6.48. The molecule has 11 nitrogen and oxygen atoms in total. The highest BCUT2D eigenvalue weighted by atomic mass is 32.1. The summed E-state index contributed by atoms with van der Waals surface area (Å²) in [6.45, 7) is 7.35. The molecule has 0 radical (unpaired) electrons. The van der Waals surface area contributed by atoms with E-state index in [4.69, 9.17) is 21.7 Å². The van der Waals surface area contributed by atoms with Crippen LogP contribution in [0.5, 0.6) is 5.75 Å². The molecule has 0 unspecified atom stereocenters. The second-order valence-corrected chi connectivity index (χ2v) is 8.67. The van der Waals surface area contributed by atoms with Gasteiger partial charge < -0.3 is 29.9 Å². The average molecular weight is 502 g/mol. The van der Waals surface area contributed by atoms with Crippen molar-refractivity contribution in [1.29, 1.82) is 0 Å². The summed E-state index contributed by atoms with van der Waals surface area (Å²) in [6.07, 6.45) is 0. The topological polar surface area (TPSA) is 108 Å². The number of hydrogen-bond acceptors (Lipinski definition) is 9. The van der Waals surface area contributed by atoms with Crippen LogP contribution in [0.1, 0.15) is 0 Å². The molecule has 35 heavy (non-hydrogen) atoms. The quantitative estimate of drug-likeness (QED) is 0.316. The summed E-state index contributed by atoms with van der Waals surface area (Å²) in [5, 5.41) is 18.6. The van der Waals surface area contributed by atoms with E-state index in [9.17, 15) is 10.1 Å². The van der Waals surface area contributed by atoms with Crippen LogP contribution in [0.25, 0.3) is 0 Å². The minimum absolute atomic E-state index is 0.0171. The molecule has 188 valence electrons. The van der Waals surface area contributed by atoms with Gasteiger partial charge in [-0.05, 0) is 30.4 Å². The Hall–Kier alpha value is -3.22. The van der Waals surface area contributed by atoms with E-state index in [1.807, 2.05) is 24.3 Å². The zero-order valence-corrected chi connectivity index (χ0v) is 20.6. The number of anilines is 3. The summed E-state index contributed by atoms with van der Waals surface area (Å²) in [5.74, 6) is 1.75.